The number of fused-ring (bicyclic) bond motifs is 1. The van der Waals surface area contributed by atoms with Crippen LogP contribution in [-0.4, -0.2) is 60.1 Å². The van der Waals surface area contributed by atoms with Gasteiger partial charge in [0.25, 0.3) is 0 Å². The lowest BCUT2D eigenvalue weighted by Gasteiger charge is -2.36. The molecule has 3 aliphatic rings. The van der Waals surface area contributed by atoms with Crippen molar-refractivity contribution < 1.29 is 18.7 Å². The van der Waals surface area contributed by atoms with Crippen LogP contribution in [0.4, 0.5) is 4.39 Å². The number of hydrogen-bond acceptors (Lipinski definition) is 7. The van der Waals surface area contributed by atoms with Gasteiger partial charge in [0, 0.05) is 24.4 Å². The topological polar surface area (TPSA) is 74.2 Å². The summed E-state index contributed by atoms with van der Waals surface area (Å²) < 4.78 is 20.0. The van der Waals surface area contributed by atoms with E-state index in [1.165, 1.54) is 44.2 Å². The first-order valence-electron chi connectivity index (χ1n) is 11.8. The summed E-state index contributed by atoms with van der Waals surface area (Å²) in [6, 6.07) is 5.65. The number of benzene rings is 1. The predicted octanol–water partition coefficient (Wildman–Crippen LogP) is 3.96. The summed E-state index contributed by atoms with van der Waals surface area (Å²) in [5, 5.41) is 5.51. The van der Waals surface area contributed by atoms with Gasteiger partial charge in [-0.1, -0.05) is 43.3 Å². The molecule has 0 radical (unpaired) electrons. The second-order valence-electron chi connectivity index (χ2n) is 8.55. The van der Waals surface area contributed by atoms with E-state index >= 15 is 0 Å². The van der Waals surface area contributed by atoms with E-state index < -0.39 is 17.8 Å². The SMILES string of the molecule is CCC1=C(C(=O)OC)[C@@H](c2ccccc2F)N2C(CC(=O)NCCN3CCCCC3)=CSC2=N1. The summed E-state index contributed by atoms with van der Waals surface area (Å²) in [5.41, 5.74) is 1.90. The molecule has 1 N–H and O–H groups in total. The Bertz CT molecular complexity index is 1030. The van der Waals surface area contributed by atoms with E-state index in [-0.39, 0.29) is 12.3 Å². The van der Waals surface area contributed by atoms with Crippen LogP contribution >= 0.6 is 11.8 Å². The summed E-state index contributed by atoms with van der Waals surface area (Å²) in [6.45, 7) is 5.49. The van der Waals surface area contributed by atoms with Crippen molar-refractivity contribution in [2.75, 3.05) is 33.3 Å². The number of esters is 1. The smallest absolute Gasteiger partial charge is 0.338 e. The molecule has 1 fully saturated rings. The number of nitrogens with one attached hydrogen (secondary N) is 1. The van der Waals surface area contributed by atoms with Crippen LogP contribution in [-0.2, 0) is 14.3 Å². The number of rotatable bonds is 8. The minimum absolute atomic E-state index is 0.109. The molecule has 0 saturated carbocycles. The standard InChI is InChI=1S/C25H31FN4O3S/c1-3-20-22(24(32)33-2)23(18-9-5-6-10-19(18)26)30-17(16-34-25(30)28-20)15-21(31)27-11-14-29-12-7-4-8-13-29/h5-6,9-10,16,23H,3-4,7-8,11-15H2,1-2H3,(H,27,31)/t23-/m1/s1. The Morgan fingerprint density at radius 3 is 2.71 bits per heavy atom. The van der Waals surface area contributed by atoms with Crippen LogP contribution < -0.4 is 5.32 Å². The first kappa shape index (κ1) is 24.5. The van der Waals surface area contributed by atoms with Crippen molar-refractivity contribution in [3.8, 4) is 0 Å². The zero-order valence-corrected chi connectivity index (χ0v) is 20.5. The van der Waals surface area contributed by atoms with Gasteiger partial charge < -0.3 is 19.9 Å². The average Bonchev–Trinajstić information content (AvgIpc) is 3.25. The summed E-state index contributed by atoms with van der Waals surface area (Å²) in [5.74, 6) is -1.08. The number of piperidine rings is 1. The number of allylic oxidation sites excluding steroid dienone is 1. The minimum Gasteiger partial charge on any atom is -0.466 e. The highest BCUT2D eigenvalue weighted by Gasteiger charge is 2.42. The van der Waals surface area contributed by atoms with Crippen molar-refractivity contribution in [3.05, 3.63) is 58.0 Å². The average molecular weight is 487 g/mol. The molecular formula is C25H31FN4O3S. The molecular weight excluding hydrogens is 455 g/mol. The Kier molecular flexibility index (Phi) is 8.05. The molecule has 7 nitrogen and oxygen atoms in total. The van der Waals surface area contributed by atoms with Crippen LogP contribution in [0.5, 0.6) is 0 Å². The van der Waals surface area contributed by atoms with E-state index in [0.717, 1.165) is 19.6 Å². The van der Waals surface area contributed by atoms with Crippen LogP contribution in [0.15, 0.2) is 51.6 Å². The molecule has 0 bridgehead atoms. The third-order valence-electron chi connectivity index (χ3n) is 6.37. The van der Waals surface area contributed by atoms with E-state index in [0.29, 0.717) is 40.7 Å². The Morgan fingerprint density at radius 2 is 2.00 bits per heavy atom. The van der Waals surface area contributed by atoms with Crippen LogP contribution in [0.3, 0.4) is 0 Å². The first-order valence-corrected chi connectivity index (χ1v) is 12.7. The Morgan fingerprint density at radius 1 is 1.24 bits per heavy atom. The van der Waals surface area contributed by atoms with Crippen molar-refractivity contribution >= 4 is 28.8 Å². The Hall–Kier alpha value is -2.65. The Labute approximate surface area is 204 Å². The lowest BCUT2D eigenvalue weighted by molar-refractivity contribution is -0.136. The van der Waals surface area contributed by atoms with Crippen LogP contribution in [0.1, 0.15) is 50.6 Å². The fourth-order valence-electron chi connectivity index (χ4n) is 4.67. The van der Waals surface area contributed by atoms with Crippen molar-refractivity contribution in [2.24, 2.45) is 4.99 Å². The van der Waals surface area contributed by atoms with Crippen molar-refractivity contribution in [1.82, 2.24) is 15.1 Å². The summed E-state index contributed by atoms with van der Waals surface area (Å²) in [6.07, 6.45) is 4.32. The van der Waals surface area contributed by atoms with Gasteiger partial charge in [0.05, 0.1) is 30.8 Å². The summed E-state index contributed by atoms with van der Waals surface area (Å²) in [4.78, 5) is 34.5. The van der Waals surface area contributed by atoms with Gasteiger partial charge in [-0.05, 0) is 43.8 Å². The lowest BCUT2D eigenvalue weighted by atomic mass is 9.92. The first-order chi connectivity index (χ1) is 16.5. The number of amidine groups is 1. The number of methoxy groups -OCH3 is 1. The van der Waals surface area contributed by atoms with Crippen LogP contribution in [0.2, 0.25) is 0 Å². The molecule has 3 aliphatic heterocycles. The second-order valence-corrected chi connectivity index (χ2v) is 9.39. The van der Waals surface area contributed by atoms with E-state index in [9.17, 15) is 14.0 Å². The van der Waals surface area contributed by atoms with E-state index in [1.54, 1.807) is 23.1 Å². The molecule has 1 atom stereocenters. The van der Waals surface area contributed by atoms with Gasteiger partial charge in [-0.3, -0.25) is 4.79 Å². The molecule has 1 aromatic rings. The number of likely N-dealkylation sites (tertiary alicyclic amines) is 1. The third kappa shape index (κ3) is 5.20. The van der Waals surface area contributed by atoms with E-state index in [4.69, 9.17) is 4.74 Å². The fourth-order valence-corrected chi connectivity index (χ4v) is 5.60. The Balaban J connectivity index is 1.55. The van der Waals surface area contributed by atoms with Gasteiger partial charge >= 0.3 is 5.97 Å². The molecule has 182 valence electrons. The number of aliphatic imine (C=N–C) groups is 1. The number of carbonyl (C=O) groups is 2. The maximum atomic E-state index is 15.0. The predicted molar refractivity (Wildman–Crippen MR) is 131 cm³/mol. The van der Waals surface area contributed by atoms with Gasteiger partial charge in [0.1, 0.15) is 5.82 Å². The van der Waals surface area contributed by atoms with Gasteiger partial charge in [0.15, 0.2) is 5.17 Å². The van der Waals surface area contributed by atoms with Crippen molar-refractivity contribution in [2.45, 2.75) is 45.1 Å². The number of amides is 1. The van der Waals surface area contributed by atoms with Crippen molar-refractivity contribution in [3.63, 3.8) is 0 Å². The number of nitrogens with zero attached hydrogens (tertiary/aromatic N) is 3. The number of halogens is 1. The van der Waals surface area contributed by atoms with Gasteiger partial charge in [-0.25, -0.2) is 14.2 Å². The fraction of sp³-hybridized carbons (Fsp3) is 0.480. The third-order valence-corrected chi connectivity index (χ3v) is 7.26. The highest BCUT2D eigenvalue weighted by Crippen LogP contribution is 2.45. The number of ether oxygens (including phenoxy) is 1. The number of thioether (sulfide) groups is 1. The molecule has 0 spiro atoms. The van der Waals surface area contributed by atoms with Gasteiger partial charge in [0.2, 0.25) is 5.91 Å². The van der Waals surface area contributed by atoms with E-state index in [1.807, 2.05) is 12.3 Å². The number of carbonyl (C=O) groups excluding carboxylic acids is 2. The molecule has 0 aromatic heterocycles. The normalized spacial score (nSPS) is 20.6. The quantitative estimate of drug-likeness (QED) is 0.561. The van der Waals surface area contributed by atoms with Crippen LogP contribution in [0, 0.1) is 5.82 Å². The van der Waals surface area contributed by atoms with Crippen molar-refractivity contribution in [1.29, 1.82) is 0 Å². The number of hydrogen-bond donors (Lipinski definition) is 1. The molecule has 1 aromatic carbocycles. The molecule has 34 heavy (non-hydrogen) atoms. The highest BCUT2D eigenvalue weighted by atomic mass is 32.2. The zero-order valence-electron chi connectivity index (χ0n) is 19.7. The minimum atomic E-state index is -0.751. The molecule has 4 rings (SSSR count). The summed E-state index contributed by atoms with van der Waals surface area (Å²) >= 11 is 1.38. The maximum absolute atomic E-state index is 15.0. The maximum Gasteiger partial charge on any atom is 0.338 e. The monoisotopic (exact) mass is 486 g/mol. The molecule has 0 unspecified atom stereocenters. The molecule has 3 heterocycles. The molecule has 1 amide bonds. The second kappa shape index (κ2) is 11.2. The highest BCUT2D eigenvalue weighted by molar-refractivity contribution is 8.16. The molecule has 0 aliphatic carbocycles. The van der Waals surface area contributed by atoms with Gasteiger partial charge in [-0.15, -0.1) is 0 Å². The lowest BCUT2D eigenvalue weighted by Crippen LogP contribution is -2.40. The molecule has 9 heteroatoms. The van der Waals surface area contributed by atoms with Crippen LogP contribution in [0.25, 0.3) is 0 Å². The van der Waals surface area contributed by atoms with Gasteiger partial charge in [-0.2, -0.15) is 0 Å². The summed E-state index contributed by atoms with van der Waals surface area (Å²) in [7, 11) is 1.31. The molecule has 1 saturated heterocycles. The van der Waals surface area contributed by atoms with E-state index in [2.05, 4.69) is 15.2 Å². The largest absolute Gasteiger partial charge is 0.466 e. The zero-order chi connectivity index (χ0) is 24.1.